The molecule has 0 aliphatic heterocycles. The van der Waals surface area contributed by atoms with Crippen LogP contribution >= 0.6 is 0 Å². The number of fused-ring (bicyclic) bond motifs is 6. The molecule has 1 heteroatoms. The maximum Gasteiger partial charge on any atom is 0.143 e. The molecule has 0 saturated heterocycles. The molecule has 0 aliphatic rings. The summed E-state index contributed by atoms with van der Waals surface area (Å²) in [5, 5.41) is 1.94. The molecule has 0 saturated carbocycles. The molecule has 0 atom stereocenters. The van der Waals surface area contributed by atoms with Gasteiger partial charge in [0.25, 0.3) is 0 Å². The van der Waals surface area contributed by atoms with Crippen molar-refractivity contribution in [3.8, 4) is 33.4 Å². The lowest BCUT2D eigenvalue weighted by Crippen LogP contribution is -1.93. The molecule has 0 radical (unpaired) electrons. The van der Waals surface area contributed by atoms with Gasteiger partial charge in [-0.05, 0) is 72.2 Å². The number of hydrogen-bond acceptors (Lipinski definition) is 1. The molecule has 0 N–H and O–H groups in total. The molecule has 0 bridgehead atoms. The third-order valence-corrected chi connectivity index (χ3v) is 7.93. The van der Waals surface area contributed by atoms with Crippen LogP contribution in [0.25, 0.3) is 87.6 Å². The Morgan fingerprint density at radius 3 is 1.70 bits per heavy atom. The fourth-order valence-electron chi connectivity index (χ4n) is 6.15. The second-order valence-electron chi connectivity index (χ2n) is 10.2. The molecule has 0 amide bonds. The fraction of sp³-hybridized carbons (Fsp3) is 0. The molecule has 1 aromatic heterocycles. The van der Waals surface area contributed by atoms with Crippen LogP contribution in [-0.4, -0.2) is 0 Å². The van der Waals surface area contributed by atoms with Gasteiger partial charge in [-0.15, -0.1) is 0 Å². The number of rotatable bonds is 3. The molecular formula is C42H26O. The van der Waals surface area contributed by atoms with E-state index in [0.717, 1.165) is 0 Å². The minimum atomic E-state index is -0.555. The van der Waals surface area contributed by atoms with E-state index >= 15 is 0 Å². The lowest BCUT2D eigenvalue weighted by molar-refractivity contribution is 0.670. The van der Waals surface area contributed by atoms with E-state index in [2.05, 4.69) is 0 Å². The van der Waals surface area contributed by atoms with Gasteiger partial charge in [-0.25, -0.2) is 0 Å². The molecule has 0 spiro atoms. The monoisotopic (exact) mass is 559 g/mol. The van der Waals surface area contributed by atoms with Crippen LogP contribution in [-0.2, 0) is 0 Å². The van der Waals surface area contributed by atoms with Gasteiger partial charge >= 0.3 is 0 Å². The fourth-order valence-corrected chi connectivity index (χ4v) is 6.15. The van der Waals surface area contributed by atoms with Gasteiger partial charge in [0, 0.05) is 16.3 Å². The Bertz CT molecular complexity index is 3160. The van der Waals surface area contributed by atoms with Crippen LogP contribution in [0.5, 0.6) is 0 Å². The Labute approximate surface area is 267 Å². The largest absolute Gasteiger partial charge is 0.455 e. The third-order valence-electron chi connectivity index (χ3n) is 7.93. The van der Waals surface area contributed by atoms with Gasteiger partial charge in [0.1, 0.15) is 11.2 Å². The molecule has 1 heterocycles. The molecular weight excluding hydrogens is 520 g/mol. The van der Waals surface area contributed by atoms with Gasteiger partial charge in [0.05, 0.1) is 17.8 Å². The molecule has 0 fully saturated rings. The zero-order chi connectivity index (χ0) is 39.6. The minimum Gasteiger partial charge on any atom is -0.455 e. The quantitative estimate of drug-likeness (QED) is 0.196. The summed E-state index contributed by atoms with van der Waals surface area (Å²) in [5.41, 5.74) is 2.16. The van der Waals surface area contributed by atoms with Crippen molar-refractivity contribution < 1.29 is 22.2 Å². The SMILES string of the molecule is [2H]c1c([2H])c([2H])c2c(oc3c(-c4ccccc4)c(-c4c5ccccc5c(-c5c([2H])c([2H])c([2H])c6c([2H])c([2H])c([2H])c([2H])c56)c5ccccc45)c([2H])c([2H])c32)c1[2H]. The Morgan fingerprint density at radius 2 is 0.977 bits per heavy atom. The molecule has 0 unspecified atom stereocenters. The van der Waals surface area contributed by atoms with Gasteiger partial charge in [-0.2, -0.15) is 0 Å². The maximum atomic E-state index is 9.72. The number of furan rings is 1. The standard InChI is InChI=1S/C42H26O/c1-2-14-28(15-3-1)39-37(26-25-36-30-18-10-11-24-38(30)43-42(36)39)41-34-21-8-6-19-32(34)40(33-20-7-9-22-35(33)41)31-23-12-16-27-13-4-5-17-29(27)31/h1-26H/i4D,5D,10D,11D,12D,13D,16D,17D,18D,23D,24D,25D,26D. The zero-order valence-corrected chi connectivity index (χ0v) is 22.4. The smallest absolute Gasteiger partial charge is 0.143 e. The van der Waals surface area contributed by atoms with E-state index in [9.17, 15) is 4.11 Å². The van der Waals surface area contributed by atoms with Gasteiger partial charge in [-0.3, -0.25) is 0 Å². The van der Waals surface area contributed by atoms with E-state index in [0.29, 0.717) is 43.8 Å². The van der Waals surface area contributed by atoms with Crippen molar-refractivity contribution in [2.45, 2.75) is 0 Å². The van der Waals surface area contributed by atoms with Crippen LogP contribution in [0.4, 0.5) is 0 Å². The predicted octanol–water partition coefficient (Wildman–Crippen LogP) is 12.0. The summed E-state index contributed by atoms with van der Waals surface area (Å²) in [6.45, 7) is 0. The van der Waals surface area contributed by atoms with Crippen molar-refractivity contribution in [1.82, 2.24) is 0 Å². The topological polar surface area (TPSA) is 13.1 Å². The highest BCUT2D eigenvalue weighted by Gasteiger charge is 2.22. The Balaban J connectivity index is 1.54. The Morgan fingerprint density at radius 1 is 0.395 bits per heavy atom. The lowest BCUT2D eigenvalue weighted by atomic mass is 9.82. The van der Waals surface area contributed by atoms with E-state index in [-0.39, 0.29) is 68.0 Å². The number of para-hydroxylation sites is 1. The second kappa shape index (κ2) is 9.44. The maximum absolute atomic E-state index is 9.72. The second-order valence-corrected chi connectivity index (χ2v) is 10.2. The molecule has 9 aromatic rings. The zero-order valence-electron chi connectivity index (χ0n) is 35.4. The summed E-state index contributed by atoms with van der Waals surface area (Å²) in [6, 6.07) is 17.6. The van der Waals surface area contributed by atoms with Crippen LogP contribution in [0.3, 0.4) is 0 Å². The summed E-state index contributed by atoms with van der Waals surface area (Å²) in [4.78, 5) is 0. The first-order valence-electron chi connectivity index (χ1n) is 20.2. The predicted molar refractivity (Wildman–Crippen MR) is 183 cm³/mol. The molecule has 43 heavy (non-hydrogen) atoms. The third kappa shape index (κ3) is 3.58. The highest BCUT2D eigenvalue weighted by atomic mass is 16.3. The van der Waals surface area contributed by atoms with Crippen LogP contribution in [0.15, 0.2) is 162 Å². The summed E-state index contributed by atoms with van der Waals surface area (Å²) >= 11 is 0. The number of hydrogen-bond donors (Lipinski definition) is 0. The minimum absolute atomic E-state index is 0.00162. The van der Waals surface area contributed by atoms with Crippen molar-refractivity contribution >= 4 is 54.3 Å². The van der Waals surface area contributed by atoms with Crippen molar-refractivity contribution in [1.29, 1.82) is 0 Å². The van der Waals surface area contributed by atoms with Gasteiger partial charge in [0.15, 0.2) is 0 Å². The highest BCUT2D eigenvalue weighted by molar-refractivity contribution is 6.25. The molecule has 9 rings (SSSR count). The summed E-state index contributed by atoms with van der Waals surface area (Å²) in [7, 11) is 0. The summed E-state index contributed by atoms with van der Waals surface area (Å²) in [6.07, 6.45) is 0. The molecule has 1 nitrogen and oxygen atoms in total. The first-order chi connectivity index (χ1) is 26.8. The summed E-state index contributed by atoms with van der Waals surface area (Å²) in [5.74, 6) is 0. The molecule has 200 valence electrons. The molecule has 0 aliphatic carbocycles. The number of benzene rings is 8. The summed E-state index contributed by atoms with van der Waals surface area (Å²) < 4.78 is 121. The Hall–Kier alpha value is -5.66. The van der Waals surface area contributed by atoms with Crippen molar-refractivity contribution in [2.75, 3.05) is 0 Å². The van der Waals surface area contributed by atoms with E-state index < -0.39 is 54.4 Å². The average Bonchev–Trinajstić information content (AvgIpc) is 3.61. The van der Waals surface area contributed by atoms with E-state index in [1.54, 1.807) is 48.5 Å². The van der Waals surface area contributed by atoms with E-state index in [4.69, 9.17) is 18.1 Å². The van der Waals surface area contributed by atoms with Crippen molar-refractivity contribution in [2.24, 2.45) is 0 Å². The highest BCUT2D eigenvalue weighted by Crippen LogP contribution is 2.49. The van der Waals surface area contributed by atoms with Gasteiger partial charge in [-0.1, -0.05) is 145 Å². The molecule has 8 aromatic carbocycles. The van der Waals surface area contributed by atoms with Crippen LogP contribution in [0, 0.1) is 0 Å². The first-order valence-corrected chi connectivity index (χ1v) is 13.7. The van der Waals surface area contributed by atoms with Crippen molar-refractivity contribution in [3.05, 3.63) is 157 Å². The van der Waals surface area contributed by atoms with Crippen LogP contribution in [0.2, 0.25) is 0 Å². The normalized spacial score (nSPS) is 16.0. The van der Waals surface area contributed by atoms with Gasteiger partial charge < -0.3 is 4.42 Å². The van der Waals surface area contributed by atoms with Crippen LogP contribution < -0.4 is 0 Å². The van der Waals surface area contributed by atoms with Gasteiger partial charge in [0.2, 0.25) is 0 Å². The van der Waals surface area contributed by atoms with E-state index in [1.165, 1.54) is 0 Å². The van der Waals surface area contributed by atoms with Crippen molar-refractivity contribution in [3.63, 3.8) is 0 Å². The van der Waals surface area contributed by atoms with E-state index in [1.807, 2.05) is 30.3 Å². The Kier molecular flexibility index (Phi) is 3.18. The average molecular weight is 560 g/mol. The van der Waals surface area contributed by atoms with Crippen LogP contribution in [0.1, 0.15) is 17.8 Å². The lowest BCUT2D eigenvalue weighted by Gasteiger charge is -2.20. The first kappa shape index (κ1) is 14.5.